The minimum absolute atomic E-state index is 0.0617. The van der Waals surface area contributed by atoms with Crippen LogP contribution in [-0.4, -0.2) is 43.7 Å². The van der Waals surface area contributed by atoms with E-state index in [1.807, 2.05) is 0 Å². The molecule has 2 rings (SSSR count). The molecule has 2 heterocycles. The summed E-state index contributed by atoms with van der Waals surface area (Å²) in [5.41, 5.74) is 0.463. The van der Waals surface area contributed by atoms with Crippen LogP contribution in [-0.2, 0) is 14.3 Å². The van der Waals surface area contributed by atoms with Gasteiger partial charge in [0.25, 0.3) is 0 Å². The molecule has 0 saturated carbocycles. The van der Waals surface area contributed by atoms with Crippen LogP contribution in [0.25, 0.3) is 0 Å². The van der Waals surface area contributed by atoms with E-state index in [1.54, 1.807) is 18.3 Å². The van der Waals surface area contributed by atoms with Crippen LogP contribution in [0.5, 0.6) is 0 Å². The summed E-state index contributed by atoms with van der Waals surface area (Å²) in [5.74, 6) is 0.0858. The Labute approximate surface area is 124 Å². The molecular formula is C15H20N2O4. The molecule has 0 amide bonds. The molecule has 0 bridgehead atoms. The molecule has 1 unspecified atom stereocenters. The molecule has 1 aromatic rings. The van der Waals surface area contributed by atoms with Gasteiger partial charge >= 0.3 is 11.9 Å². The lowest BCUT2D eigenvalue weighted by Gasteiger charge is -2.36. The maximum absolute atomic E-state index is 11.6. The lowest BCUT2D eigenvalue weighted by atomic mass is 9.99. The van der Waals surface area contributed by atoms with Crippen LogP contribution in [0.15, 0.2) is 18.3 Å². The molecule has 1 atom stereocenters. The molecule has 1 saturated heterocycles. The van der Waals surface area contributed by atoms with Crippen LogP contribution in [0, 0.1) is 0 Å². The van der Waals surface area contributed by atoms with Gasteiger partial charge < -0.3 is 14.4 Å². The third kappa shape index (κ3) is 3.71. The normalized spacial score (nSPS) is 18.2. The van der Waals surface area contributed by atoms with E-state index in [2.05, 4.69) is 9.88 Å². The van der Waals surface area contributed by atoms with Gasteiger partial charge in [-0.1, -0.05) is 0 Å². The van der Waals surface area contributed by atoms with E-state index in [4.69, 9.17) is 9.47 Å². The Balaban J connectivity index is 2.20. The number of anilines is 1. The average molecular weight is 292 g/mol. The van der Waals surface area contributed by atoms with Crippen molar-refractivity contribution >= 4 is 17.8 Å². The number of hydrogen-bond acceptors (Lipinski definition) is 6. The van der Waals surface area contributed by atoms with Crippen molar-refractivity contribution in [2.75, 3.05) is 25.7 Å². The van der Waals surface area contributed by atoms with E-state index in [0.29, 0.717) is 17.8 Å². The second kappa shape index (κ2) is 7.06. The number of hydrogen-bond donors (Lipinski definition) is 0. The Morgan fingerprint density at radius 3 is 2.86 bits per heavy atom. The fourth-order valence-electron chi connectivity index (χ4n) is 2.61. The number of esters is 2. The lowest BCUT2D eigenvalue weighted by molar-refractivity contribution is -0.141. The zero-order valence-corrected chi connectivity index (χ0v) is 12.4. The fraction of sp³-hybridized carbons (Fsp3) is 0.533. The third-order valence-electron chi connectivity index (χ3n) is 3.72. The lowest BCUT2D eigenvalue weighted by Crippen LogP contribution is -2.41. The summed E-state index contributed by atoms with van der Waals surface area (Å²) < 4.78 is 9.48. The third-order valence-corrected chi connectivity index (χ3v) is 3.72. The molecule has 1 fully saturated rings. The number of carbonyl (C=O) groups is 2. The van der Waals surface area contributed by atoms with Gasteiger partial charge in [0.2, 0.25) is 0 Å². The molecule has 1 aliphatic rings. The van der Waals surface area contributed by atoms with Gasteiger partial charge in [0.1, 0.15) is 5.82 Å². The Hall–Kier alpha value is -2.11. The molecule has 114 valence electrons. The molecule has 6 heteroatoms. The van der Waals surface area contributed by atoms with Crippen molar-refractivity contribution in [1.82, 2.24) is 4.98 Å². The Bertz CT molecular complexity index is 518. The van der Waals surface area contributed by atoms with Crippen LogP contribution in [0.4, 0.5) is 5.82 Å². The van der Waals surface area contributed by atoms with Crippen LogP contribution >= 0.6 is 0 Å². The van der Waals surface area contributed by atoms with E-state index < -0.39 is 0 Å². The second-order valence-corrected chi connectivity index (χ2v) is 5.02. The van der Waals surface area contributed by atoms with Crippen molar-refractivity contribution < 1.29 is 19.1 Å². The smallest absolute Gasteiger partial charge is 0.338 e. The maximum Gasteiger partial charge on any atom is 0.338 e. The number of piperidine rings is 1. The van der Waals surface area contributed by atoms with E-state index >= 15 is 0 Å². The van der Waals surface area contributed by atoms with Crippen molar-refractivity contribution in [3.05, 3.63) is 23.9 Å². The van der Waals surface area contributed by atoms with Crippen LogP contribution in [0.3, 0.4) is 0 Å². The van der Waals surface area contributed by atoms with Gasteiger partial charge in [0.05, 0.1) is 26.2 Å². The highest BCUT2D eigenvalue weighted by atomic mass is 16.5. The summed E-state index contributed by atoms with van der Waals surface area (Å²) in [6.07, 6.45) is 4.96. The topological polar surface area (TPSA) is 68.7 Å². The zero-order chi connectivity index (χ0) is 15.2. The number of methoxy groups -OCH3 is 2. The van der Waals surface area contributed by atoms with E-state index in [-0.39, 0.29) is 18.0 Å². The average Bonchev–Trinajstić information content (AvgIpc) is 2.54. The standard InChI is InChI=1S/C15H20N2O4/c1-20-14(18)10-12-5-3-4-8-17(12)13-9-11(6-7-16-13)15(19)21-2/h6-7,9,12H,3-5,8,10H2,1-2H3. The monoisotopic (exact) mass is 292 g/mol. The highest BCUT2D eigenvalue weighted by Gasteiger charge is 2.26. The number of aromatic nitrogens is 1. The van der Waals surface area contributed by atoms with Gasteiger partial charge in [-0.15, -0.1) is 0 Å². The van der Waals surface area contributed by atoms with Crippen molar-refractivity contribution in [1.29, 1.82) is 0 Å². The molecule has 0 spiro atoms. The molecule has 1 aromatic heterocycles. The first-order valence-electron chi connectivity index (χ1n) is 7.03. The first kappa shape index (κ1) is 15.3. The largest absolute Gasteiger partial charge is 0.469 e. The highest BCUT2D eigenvalue weighted by molar-refractivity contribution is 5.90. The van der Waals surface area contributed by atoms with E-state index in [0.717, 1.165) is 25.8 Å². The molecule has 6 nitrogen and oxygen atoms in total. The summed E-state index contributed by atoms with van der Waals surface area (Å²) in [5, 5.41) is 0. The first-order valence-corrected chi connectivity index (χ1v) is 7.03. The zero-order valence-electron chi connectivity index (χ0n) is 12.4. The summed E-state index contributed by atoms with van der Waals surface area (Å²) in [7, 11) is 2.75. The summed E-state index contributed by atoms with van der Waals surface area (Å²) >= 11 is 0. The number of ether oxygens (including phenoxy) is 2. The molecule has 0 aromatic carbocycles. The molecule has 1 aliphatic heterocycles. The van der Waals surface area contributed by atoms with Crippen LogP contribution < -0.4 is 4.90 Å². The molecule has 0 N–H and O–H groups in total. The minimum atomic E-state index is -0.389. The molecule has 0 radical (unpaired) electrons. The predicted octanol–water partition coefficient (Wildman–Crippen LogP) is 1.79. The molecule has 21 heavy (non-hydrogen) atoms. The maximum atomic E-state index is 11.6. The van der Waals surface area contributed by atoms with Crippen LogP contribution in [0.1, 0.15) is 36.0 Å². The number of pyridine rings is 1. The van der Waals surface area contributed by atoms with Crippen LogP contribution in [0.2, 0.25) is 0 Å². The van der Waals surface area contributed by atoms with Crippen molar-refractivity contribution in [2.45, 2.75) is 31.7 Å². The summed E-state index contributed by atoms with van der Waals surface area (Å²) in [4.78, 5) is 29.6. The van der Waals surface area contributed by atoms with E-state index in [1.165, 1.54) is 14.2 Å². The second-order valence-electron chi connectivity index (χ2n) is 5.02. The highest BCUT2D eigenvalue weighted by Crippen LogP contribution is 2.26. The van der Waals surface area contributed by atoms with Gasteiger partial charge in [-0.05, 0) is 31.4 Å². The molecule has 0 aliphatic carbocycles. The SMILES string of the molecule is COC(=O)CC1CCCCN1c1cc(C(=O)OC)ccn1. The van der Waals surface area contributed by atoms with Crippen molar-refractivity contribution in [3.63, 3.8) is 0 Å². The van der Waals surface area contributed by atoms with Crippen molar-refractivity contribution in [2.24, 2.45) is 0 Å². The number of carbonyl (C=O) groups excluding carboxylic acids is 2. The predicted molar refractivity (Wildman–Crippen MR) is 77.2 cm³/mol. The Kier molecular flexibility index (Phi) is 5.14. The number of nitrogens with zero attached hydrogens (tertiary/aromatic N) is 2. The van der Waals surface area contributed by atoms with Gasteiger partial charge in [0, 0.05) is 18.8 Å². The van der Waals surface area contributed by atoms with Gasteiger partial charge in [0.15, 0.2) is 0 Å². The number of rotatable bonds is 4. The summed E-state index contributed by atoms with van der Waals surface area (Å²) in [6.45, 7) is 0.819. The van der Waals surface area contributed by atoms with E-state index in [9.17, 15) is 9.59 Å². The quantitative estimate of drug-likeness (QED) is 0.788. The minimum Gasteiger partial charge on any atom is -0.469 e. The van der Waals surface area contributed by atoms with Crippen molar-refractivity contribution in [3.8, 4) is 0 Å². The Morgan fingerprint density at radius 2 is 2.14 bits per heavy atom. The van der Waals surface area contributed by atoms with Gasteiger partial charge in [-0.25, -0.2) is 9.78 Å². The fourth-order valence-corrected chi connectivity index (χ4v) is 2.61. The molecular weight excluding hydrogens is 272 g/mol. The van der Waals surface area contributed by atoms with Gasteiger partial charge in [-0.3, -0.25) is 4.79 Å². The Morgan fingerprint density at radius 1 is 1.33 bits per heavy atom. The first-order chi connectivity index (χ1) is 10.2. The summed E-state index contributed by atoms with van der Waals surface area (Å²) in [6, 6.07) is 3.39. The van der Waals surface area contributed by atoms with Gasteiger partial charge in [-0.2, -0.15) is 0 Å².